The number of hydrogen-bond acceptors (Lipinski definition) is 2. The number of nitrogens with one attached hydrogen (secondary N) is 1. The van der Waals surface area contributed by atoms with E-state index in [-0.39, 0.29) is 18.2 Å². The number of halogens is 2. The van der Waals surface area contributed by atoms with Crippen molar-refractivity contribution in [2.75, 3.05) is 6.54 Å². The molecule has 0 heterocycles. The molecule has 0 saturated heterocycles. The van der Waals surface area contributed by atoms with Crippen LogP contribution in [0.5, 0.6) is 5.75 Å². The fourth-order valence-corrected chi connectivity index (χ4v) is 2.71. The van der Waals surface area contributed by atoms with E-state index < -0.39 is 0 Å². The number of benzene rings is 3. The van der Waals surface area contributed by atoms with Crippen LogP contribution in [0, 0.1) is 12.7 Å². The first-order chi connectivity index (χ1) is 12.7. The van der Waals surface area contributed by atoms with Crippen molar-refractivity contribution >= 4 is 12.4 Å². The van der Waals surface area contributed by atoms with Gasteiger partial charge in [-0.25, -0.2) is 4.39 Å². The molecule has 0 aliphatic rings. The van der Waals surface area contributed by atoms with Crippen molar-refractivity contribution in [2.24, 2.45) is 0 Å². The van der Waals surface area contributed by atoms with Gasteiger partial charge in [-0.05, 0) is 54.8 Å². The van der Waals surface area contributed by atoms with Crippen molar-refractivity contribution in [1.82, 2.24) is 5.32 Å². The van der Waals surface area contributed by atoms with Gasteiger partial charge in [0.1, 0.15) is 18.2 Å². The lowest BCUT2D eigenvalue weighted by Gasteiger charge is -2.09. The number of ether oxygens (including phenoxy) is 1. The minimum absolute atomic E-state index is 0. The standard InChI is InChI=1S/C23H24FNO.ClH/c1-18-6-8-20(9-7-18)17-26-22-12-10-19(11-13-22)16-25-15-14-21-4-2-3-5-23(21)24;/h2-13,25H,14-17H2,1H3;1H. The summed E-state index contributed by atoms with van der Waals surface area (Å²) in [6.07, 6.45) is 0.685. The van der Waals surface area contributed by atoms with Gasteiger partial charge >= 0.3 is 0 Å². The third-order valence-electron chi connectivity index (χ3n) is 4.31. The van der Waals surface area contributed by atoms with Gasteiger partial charge in [-0.3, -0.25) is 0 Å². The van der Waals surface area contributed by atoms with Crippen molar-refractivity contribution in [1.29, 1.82) is 0 Å². The molecule has 0 saturated carbocycles. The molecule has 0 amide bonds. The second-order valence-electron chi connectivity index (χ2n) is 6.44. The highest BCUT2D eigenvalue weighted by molar-refractivity contribution is 5.85. The van der Waals surface area contributed by atoms with Gasteiger partial charge in [-0.15, -0.1) is 12.4 Å². The molecule has 27 heavy (non-hydrogen) atoms. The van der Waals surface area contributed by atoms with E-state index in [1.165, 1.54) is 17.2 Å². The second-order valence-corrected chi connectivity index (χ2v) is 6.44. The number of rotatable bonds is 8. The van der Waals surface area contributed by atoms with Crippen LogP contribution in [0.1, 0.15) is 22.3 Å². The van der Waals surface area contributed by atoms with Gasteiger partial charge in [0.05, 0.1) is 0 Å². The van der Waals surface area contributed by atoms with Gasteiger partial charge in [-0.2, -0.15) is 0 Å². The van der Waals surface area contributed by atoms with Crippen LogP contribution in [-0.2, 0) is 19.6 Å². The van der Waals surface area contributed by atoms with E-state index in [0.717, 1.165) is 30.0 Å². The minimum atomic E-state index is -0.135. The van der Waals surface area contributed by atoms with Crippen molar-refractivity contribution in [3.63, 3.8) is 0 Å². The first-order valence-electron chi connectivity index (χ1n) is 8.92. The normalized spacial score (nSPS) is 10.3. The minimum Gasteiger partial charge on any atom is -0.489 e. The first kappa shape index (κ1) is 20.9. The molecule has 0 bridgehead atoms. The molecular weight excluding hydrogens is 361 g/mol. The molecule has 0 spiro atoms. The summed E-state index contributed by atoms with van der Waals surface area (Å²) < 4.78 is 19.4. The average molecular weight is 386 g/mol. The van der Waals surface area contributed by atoms with E-state index in [0.29, 0.717) is 13.0 Å². The summed E-state index contributed by atoms with van der Waals surface area (Å²) in [5.74, 6) is 0.727. The third kappa shape index (κ3) is 6.70. The van der Waals surface area contributed by atoms with E-state index in [2.05, 4.69) is 48.6 Å². The summed E-state index contributed by atoms with van der Waals surface area (Å²) in [5, 5.41) is 3.35. The molecule has 4 heteroatoms. The molecule has 0 atom stereocenters. The SMILES string of the molecule is Cc1ccc(COc2ccc(CNCCc3ccccc3F)cc2)cc1.Cl. The summed E-state index contributed by atoms with van der Waals surface area (Å²) >= 11 is 0. The topological polar surface area (TPSA) is 21.3 Å². The van der Waals surface area contributed by atoms with Crippen LogP contribution in [0.3, 0.4) is 0 Å². The average Bonchev–Trinajstić information content (AvgIpc) is 2.67. The lowest BCUT2D eigenvalue weighted by atomic mass is 10.1. The smallest absolute Gasteiger partial charge is 0.126 e. The Morgan fingerprint density at radius 2 is 1.52 bits per heavy atom. The highest BCUT2D eigenvalue weighted by atomic mass is 35.5. The maximum absolute atomic E-state index is 13.6. The molecule has 3 rings (SSSR count). The molecule has 2 nitrogen and oxygen atoms in total. The Labute approximate surface area is 166 Å². The second kappa shape index (κ2) is 10.7. The fourth-order valence-electron chi connectivity index (χ4n) is 2.71. The molecular formula is C23H25ClFNO. The zero-order valence-corrected chi connectivity index (χ0v) is 16.3. The lowest BCUT2D eigenvalue weighted by molar-refractivity contribution is 0.306. The van der Waals surface area contributed by atoms with Crippen LogP contribution in [0.25, 0.3) is 0 Å². The van der Waals surface area contributed by atoms with Gasteiger partial charge in [-0.1, -0.05) is 60.2 Å². The van der Waals surface area contributed by atoms with Crippen molar-refractivity contribution in [3.05, 3.63) is 101 Å². The number of hydrogen-bond donors (Lipinski definition) is 1. The van der Waals surface area contributed by atoms with Gasteiger partial charge < -0.3 is 10.1 Å². The van der Waals surface area contributed by atoms with Gasteiger partial charge in [0, 0.05) is 6.54 Å². The number of aryl methyl sites for hydroxylation is 1. The summed E-state index contributed by atoms with van der Waals surface area (Å²) in [6.45, 7) is 4.15. The van der Waals surface area contributed by atoms with Crippen LogP contribution >= 0.6 is 12.4 Å². The molecule has 3 aromatic carbocycles. The first-order valence-corrected chi connectivity index (χ1v) is 8.92. The molecule has 0 aliphatic heterocycles. The summed E-state index contributed by atoms with van der Waals surface area (Å²) in [7, 11) is 0. The molecule has 0 unspecified atom stereocenters. The van der Waals surface area contributed by atoms with E-state index in [9.17, 15) is 4.39 Å². The third-order valence-corrected chi connectivity index (χ3v) is 4.31. The largest absolute Gasteiger partial charge is 0.489 e. The highest BCUT2D eigenvalue weighted by Crippen LogP contribution is 2.15. The monoisotopic (exact) mass is 385 g/mol. The van der Waals surface area contributed by atoms with Gasteiger partial charge in [0.15, 0.2) is 0 Å². The van der Waals surface area contributed by atoms with Crippen molar-refractivity contribution in [3.8, 4) is 5.75 Å². The Bertz CT molecular complexity index is 819. The Morgan fingerprint density at radius 3 is 2.22 bits per heavy atom. The molecule has 0 fully saturated rings. The Kier molecular flexibility index (Phi) is 8.31. The van der Waals surface area contributed by atoms with Crippen LogP contribution in [0.4, 0.5) is 4.39 Å². The summed E-state index contributed by atoms with van der Waals surface area (Å²) in [6, 6.07) is 23.4. The lowest BCUT2D eigenvalue weighted by Crippen LogP contribution is -2.17. The molecule has 0 radical (unpaired) electrons. The molecule has 0 aromatic heterocycles. The maximum Gasteiger partial charge on any atom is 0.126 e. The zero-order valence-electron chi connectivity index (χ0n) is 15.5. The van der Waals surface area contributed by atoms with Crippen LogP contribution in [0.2, 0.25) is 0 Å². The maximum atomic E-state index is 13.6. The Balaban J connectivity index is 0.00000261. The van der Waals surface area contributed by atoms with Crippen LogP contribution < -0.4 is 10.1 Å². The van der Waals surface area contributed by atoms with E-state index in [1.807, 2.05) is 24.3 Å². The highest BCUT2D eigenvalue weighted by Gasteiger charge is 2.01. The molecule has 3 aromatic rings. The van der Waals surface area contributed by atoms with Crippen LogP contribution in [-0.4, -0.2) is 6.54 Å². The van der Waals surface area contributed by atoms with Crippen molar-refractivity contribution < 1.29 is 9.13 Å². The zero-order chi connectivity index (χ0) is 18.2. The van der Waals surface area contributed by atoms with Gasteiger partial charge in [0.2, 0.25) is 0 Å². The Morgan fingerprint density at radius 1 is 0.852 bits per heavy atom. The molecule has 142 valence electrons. The predicted octanol–water partition coefficient (Wildman–Crippen LogP) is 5.47. The van der Waals surface area contributed by atoms with E-state index >= 15 is 0 Å². The van der Waals surface area contributed by atoms with Crippen molar-refractivity contribution in [2.45, 2.75) is 26.5 Å². The summed E-state index contributed by atoms with van der Waals surface area (Å²) in [4.78, 5) is 0. The predicted molar refractivity (Wildman–Crippen MR) is 111 cm³/mol. The van der Waals surface area contributed by atoms with E-state index in [1.54, 1.807) is 6.07 Å². The molecule has 1 N–H and O–H groups in total. The summed E-state index contributed by atoms with van der Waals surface area (Å²) in [5.41, 5.74) is 4.34. The molecule has 0 aliphatic carbocycles. The van der Waals surface area contributed by atoms with E-state index in [4.69, 9.17) is 4.74 Å². The fraction of sp³-hybridized carbons (Fsp3) is 0.217. The van der Waals surface area contributed by atoms with Crippen LogP contribution in [0.15, 0.2) is 72.8 Å². The van der Waals surface area contributed by atoms with Gasteiger partial charge in [0.25, 0.3) is 0 Å². The Hall–Kier alpha value is -2.36. The quantitative estimate of drug-likeness (QED) is 0.519.